The van der Waals surface area contributed by atoms with E-state index in [1.165, 1.54) is 4.31 Å². The van der Waals surface area contributed by atoms with Crippen LogP contribution in [0.4, 0.5) is 0 Å². The molecule has 1 aromatic carbocycles. The minimum absolute atomic E-state index is 0.259. The van der Waals surface area contributed by atoms with Gasteiger partial charge in [0.25, 0.3) is 0 Å². The van der Waals surface area contributed by atoms with Crippen LogP contribution in [0.1, 0.15) is 18.4 Å². The summed E-state index contributed by atoms with van der Waals surface area (Å²) in [4.78, 5) is 11.2. The number of benzene rings is 1. The summed E-state index contributed by atoms with van der Waals surface area (Å²) >= 11 is 3.31. The molecule has 0 radical (unpaired) electrons. The molecule has 7 heteroatoms. The van der Waals surface area contributed by atoms with E-state index < -0.39 is 21.9 Å². The maximum Gasteiger partial charge on any atom is 0.306 e. The number of halogens is 1. The summed E-state index contributed by atoms with van der Waals surface area (Å²) in [5, 5.41) is 8.95. The lowest BCUT2D eigenvalue weighted by Crippen LogP contribution is -2.40. The molecule has 1 aliphatic rings. The highest BCUT2D eigenvalue weighted by Crippen LogP contribution is 2.27. The Bertz CT molecular complexity index is 621. The van der Waals surface area contributed by atoms with E-state index in [2.05, 4.69) is 15.9 Å². The second-order valence-electron chi connectivity index (χ2n) is 4.93. The minimum Gasteiger partial charge on any atom is -0.481 e. The molecule has 0 atom stereocenters. The number of sulfonamides is 1. The summed E-state index contributed by atoms with van der Waals surface area (Å²) in [6, 6.07) is 5.04. The zero-order valence-corrected chi connectivity index (χ0v) is 13.4. The molecule has 1 fully saturated rings. The van der Waals surface area contributed by atoms with Gasteiger partial charge in [-0.3, -0.25) is 4.79 Å². The van der Waals surface area contributed by atoms with Gasteiger partial charge in [-0.25, -0.2) is 8.42 Å². The first-order valence-corrected chi connectivity index (χ1v) is 8.55. The van der Waals surface area contributed by atoms with Gasteiger partial charge in [0, 0.05) is 17.6 Å². The molecule has 0 aliphatic carbocycles. The van der Waals surface area contributed by atoms with Crippen molar-refractivity contribution in [2.75, 3.05) is 13.1 Å². The molecule has 110 valence electrons. The molecule has 5 nitrogen and oxygen atoms in total. The summed E-state index contributed by atoms with van der Waals surface area (Å²) in [7, 11) is -3.54. The summed E-state index contributed by atoms with van der Waals surface area (Å²) in [6.45, 7) is 2.27. The highest BCUT2D eigenvalue weighted by Gasteiger charge is 2.32. The van der Waals surface area contributed by atoms with Gasteiger partial charge in [-0.15, -0.1) is 0 Å². The molecule has 0 saturated carbocycles. The number of aryl methyl sites for hydroxylation is 1. The van der Waals surface area contributed by atoms with Gasteiger partial charge in [-0.2, -0.15) is 4.31 Å². The van der Waals surface area contributed by atoms with Crippen LogP contribution in [0.3, 0.4) is 0 Å². The average Bonchev–Trinajstić information content (AvgIpc) is 2.38. The summed E-state index contributed by atoms with van der Waals surface area (Å²) in [5.74, 6) is -1.28. The van der Waals surface area contributed by atoms with Crippen molar-refractivity contribution >= 4 is 31.9 Å². The van der Waals surface area contributed by atoms with Crippen LogP contribution in [0.15, 0.2) is 27.6 Å². The van der Waals surface area contributed by atoms with Gasteiger partial charge in [0.1, 0.15) is 0 Å². The number of piperidine rings is 1. The number of aliphatic carboxylic acids is 1. The predicted molar refractivity (Wildman–Crippen MR) is 78.0 cm³/mol. The quantitative estimate of drug-likeness (QED) is 0.895. The van der Waals surface area contributed by atoms with Crippen molar-refractivity contribution in [3.63, 3.8) is 0 Å². The van der Waals surface area contributed by atoms with E-state index in [4.69, 9.17) is 5.11 Å². The Morgan fingerprint density at radius 1 is 1.35 bits per heavy atom. The fourth-order valence-electron chi connectivity index (χ4n) is 2.38. The van der Waals surface area contributed by atoms with E-state index in [0.29, 0.717) is 18.4 Å². The predicted octanol–water partition coefficient (Wildman–Crippen LogP) is 2.24. The first kappa shape index (κ1) is 15.5. The minimum atomic E-state index is -3.54. The highest BCUT2D eigenvalue weighted by molar-refractivity contribution is 9.10. The van der Waals surface area contributed by atoms with Crippen LogP contribution in [-0.4, -0.2) is 36.9 Å². The normalized spacial score (nSPS) is 18.1. The van der Waals surface area contributed by atoms with Gasteiger partial charge < -0.3 is 5.11 Å². The molecule has 1 saturated heterocycles. The molecule has 20 heavy (non-hydrogen) atoms. The Balaban J connectivity index is 2.22. The lowest BCUT2D eigenvalue weighted by atomic mass is 9.99. The largest absolute Gasteiger partial charge is 0.481 e. The van der Waals surface area contributed by atoms with Crippen LogP contribution in [0.25, 0.3) is 0 Å². The number of rotatable bonds is 3. The summed E-state index contributed by atoms with van der Waals surface area (Å²) in [6.07, 6.45) is 0.730. The third-order valence-electron chi connectivity index (χ3n) is 3.56. The van der Waals surface area contributed by atoms with Gasteiger partial charge in [-0.05, 0) is 43.5 Å². The number of carboxylic acid groups (broad SMARTS) is 1. The Hall–Kier alpha value is -0.920. The molecule has 0 unspecified atom stereocenters. The van der Waals surface area contributed by atoms with Crippen molar-refractivity contribution in [1.82, 2.24) is 4.31 Å². The SMILES string of the molecule is Cc1cc(Br)ccc1S(=O)(=O)N1CCC(C(=O)O)CC1. The number of carboxylic acids is 1. The van der Waals surface area contributed by atoms with Crippen molar-refractivity contribution in [1.29, 1.82) is 0 Å². The van der Waals surface area contributed by atoms with E-state index in [9.17, 15) is 13.2 Å². The molecule has 1 aromatic rings. The van der Waals surface area contributed by atoms with Crippen molar-refractivity contribution in [3.05, 3.63) is 28.2 Å². The van der Waals surface area contributed by atoms with Crippen LogP contribution < -0.4 is 0 Å². The van der Waals surface area contributed by atoms with E-state index >= 15 is 0 Å². The monoisotopic (exact) mass is 361 g/mol. The first-order chi connectivity index (χ1) is 9.32. The summed E-state index contributed by atoms with van der Waals surface area (Å²) in [5.41, 5.74) is 0.680. The molecular formula is C13H16BrNO4S. The van der Waals surface area contributed by atoms with Crippen molar-refractivity contribution in [3.8, 4) is 0 Å². The number of carbonyl (C=O) groups is 1. The van der Waals surface area contributed by atoms with Crippen LogP contribution in [0.2, 0.25) is 0 Å². The third kappa shape index (κ3) is 3.05. The van der Waals surface area contributed by atoms with E-state index in [1.807, 2.05) is 0 Å². The van der Waals surface area contributed by atoms with Crippen LogP contribution in [0, 0.1) is 12.8 Å². The van der Waals surface area contributed by atoms with Gasteiger partial charge in [0.15, 0.2) is 0 Å². The Labute approximate surface area is 126 Å². The lowest BCUT2D eigenvalue weighted by molar-refractivity contribution is -0.142. The number of hydrogen-bond donors (Lipinski definition) is 1. The van der Waals surface area contributed by atoms with Crippen LogP contribution in [-0.2, 0) is 14.8 Å². The molecule has 0 bridgehead atoms. The number of nitrogens with zero attached hydrogens (tertiary/aromatic N) is 1. The maximum absolute atomic E-state index is 12.6. The van der Waals surface area contributed by atoms with Crippen LogP contribution >= 0.6 is 15.9 Å². The van der Waals surface area contributed by atoms with E-state index in [1.54, 1.807) is 25.1 Å². The maximum atomic E-state index is 12.6. The zero-order valence-electron chi connectivity index (χ0n) is 11.0. The van der Waals surface area contributed by atoms with E-state index in [-0.39, 0.29) is 18.0 Å². The summed E-state index contributed by atoms with van der Waals surface area (Å²) < 4.78 is 27.3. The van der Waals surface area contributed by atoms with E-state index in [0.717, 1.165) is 4.47 Å². The lowest BCUT2D eigenvalue weighted by Gasteiger charge is -2.29. The van der Waals surface area contributed by atoms with Gasteiger partial charge in [0.05, 0.1) is 10.8 Å². The fraction of sp³-hybridized carbons (Fsp3) is 0.462. The molecule has 1 N–H and O–H groups in total. The van der Waals surface area contributed by atoms with Gasteiger partial charge in [-0.1, -0.05) is 15.9 Å². The average molecular weight is 362 g/mol. The molecule has 0 amide bonds. The van der Waals surface area contributed by atoms with Crippen molar-refractivity contribution in [2.24, 2.45) is 5.92 Å². The topological polar surface area (TPSA) is 74.7 Å². The molecular weight excluding hydrogens is 346 g/mol. The third-order valence-corrected chi connectivity index (χ3v) is 6.11. The smallest absolute Gasteiger partial charge is 0.306 e. The Morgan fingerprint density at radius 2 is 1.95 bits per heavy atom. The van der Waals surface area contributed by atoms with Crippen molar-refractivity contribution < 1.29 is 18.3 Å². The number of hydrogen-bond acceptors (Lipinski definition) is 3. The highest BCUT2D eigenvalue weighted by atomic mass is 79.9. The van der Waals surface area contributed by atoms with Crippen LogP contribution in [0.5, 0.6) is 0 Å². The van der Waals surface area contributed by atoms with Crippen molar-refractivity contribution in [2.45, 2.75) is 24.7 Å². The Morgan fingerprint density at radius 3 is 2.45 bits per heavy atom. The second kappa shape index (κ2) is 5.83. The molecule has 1 aliphatic heterocycles. The first-order valence-electron chi connectivity index (χ1n) is 6.31. The standard InChI is InChI=1S/C13H16BrNO4S/c1-9-8-11(14)2-3-12(9)20(18,19)15-6-4-10(5-7-15)13(16)17/h2-3,8,10H,4-7H2,1H3,(H,16,17). The molecule has 0 aromatic heterocycles. The molecule has 2 rings (SSSR count). The van der Waals surface area contributed by atoms with Gasteiger partial charge >= 0.3 is 5.97 Å². The fourth-order valence-corrected chi connectivity index (χ4v) is 4.54. The second-order valence-corrected chi connectivity index (χ2v) is 7.75. The Kier molecular flexibility index (Phi) is 4.51. The zero-order chi connectivity index (χ0) is 14.9. The van der Waals surface area contributed by atoms with Gasteiger partial charge in [0.2, 0.25) is 10.0 Å². The molecule has 1 heterocycles. The molecule has 0 spiro atoms.